The summed E-state index contributed by atoms with van der Waals surface area (Å²) < 4.78 is 0. The number of nitrogens with zero attached hydrogens (tertiary/aromatic N) is 1. The second kappa shape index (κ2) is 5.53. The molecule has 0 radical (unpaired) electrons. The van der Waals surface area contributed by atoms with Crippen LogP contribution in [0.15, 0.2) is 36.4 Å². The Kier molecular flexibility index (Phi) is 3.87. The number of hydrogen-bond acceptors (Lipinski definition) is 2. The smallest absolute Gasteiger partial charge is 0.115 e. The molecule has 2 unspecified atom stereocenters. The van der Waals surface area contributed by atoms with Gasteiger partial charge >= 0.3 is 0 Å². The van der Waals surface area contributed by atoms with Crippen LogP contribution in [0.25, 0.3) is 0 Å². The molecule has 4 heteroatoms. The van der Waals surface area contributed by atoms with Gasteiger partial charge in [-0.2, -0.15) is 0 Å². The Hall–Kier alpha value is -1.22. The first-order valence-electron chi connectivity index (χ1n) is 6.95. The third-order valence-corrected chi connectivity index (χ3v) is 5.11. The zero-order valence-corrected chi connectivity index (χ0v) is 13.5. The molecule has 0 amide bonds. The van der Waals surface area contributed by atoms with Crippen LogP contribution in [0.3, 0.4) is 0 Å². The molecule has 2 nitrogen and oxygen atoms in total. The van der Waals surface area contributed by atoms with Crippen LogP contribution >= 0.6 is 23.2 Å². The molecule has 0 aromatic heterocycles. The van der Waals surface area contributed by atoms with E-state index in [4.69, 9.17) is 23.2 Å². The number of phenols is 1. The summed E-state index contributed by atoms with van der Waals surface area (Å²) >= 11 is 12.2. The van der Waals surface area contributed by atoms with Crippen molar-refractivity contribution in [3.63, 3.8) is 0 Å². The quantitative estimate of drug-likeness (QED) is 0.812. The van der Waals surface area contributed by atoms with Gasteiger partial charge in [-0.25, -0.2) is 0 Å². The van der Waals surface area contributed by atoms with Crippen molar-refractivity contribution >= 4 is 23.2 Å². The van der Waals surface area contributed by atoms with Gasteiger partial charge in [0.1, 0.15) is 5.75 Å². The Labute approximate surface area is 134 Å². The van der Waals surface area contributed by atoms with Crippen molar-refractivity contribution in [2.45, 2.75) is 18.9 Å². The fraction of sp³-hybridized carbons (Fsp3) is 0.294. The monoisotopic (exact) mass is 321 g/mol. The second-order valence-corrected chi connectivity index (χ2v) is 6.47. The summed E-state index contributed by atoms with van der Waals surface area (Å²) in [6, 6.07) is 11.7. The van der Waals surface area contributed by atoms with E-state index in [0.717, 1.165) is 12.1 Å². The first-order chi connectivity index (χ1) is 9.97. The molecule has 0 bridgehead atoms. The van der Waals surface area contributed by atoms with Crippen LogP contribution in [0.2, 0.25) is 10.0 Å². The molecular formula is C17H17Cl2NO. The summed E-state index contributed by atoms with van der Waals surface area (Å²) in [5.74, 6) is 0.542. The zero-order valence-electron chi connectivity index (χ0n) is 12.0. The SMILES string of the molecule is CC1c2cc(O)ccc2C(c2ccc(Cl)c(Cl)c2)CN1C. The van der Waals surface area contributed by atoms with Gasteiger partial charge in [-0.15, -0.1) is 0 Å². The van der Waals surface area contributed by atoms with E-state index < -0.39 is 0 Å². The summed E-state index contributed by atoms with van der Waals surface area (Å²) in [4.78, 5) is 2.29. The van der Waals surface area contributed by atoms with Crippen LogP contribution < -0.4 is 0 Å². The van der Waals surface area contributed by atoms with Gasteiger partial charge in [0, 0.05) is 18.5 Å². The molecule has 1 N–H and O–H groups in total. The largest absolute Gasteiger partial charge is 0.508 e. The van der Waals surface area contributed by atoms with E-state index in [1.165, 1.54) is 11.1 Å². The summed E-state index contributed by atoms with van der Waals surface area (Å²) in [5.41, 5.74) is 3.56. The van der Waals surface area contributed by atoms with Crippen molar-refractivity contribution in [2.75, 3.05) is 13.6 Å². The third-order valence-electron chi connectivity index (χ3n) is 4.37. The van der Waals surface area contributed by atoms with E-state index in [-0.39, 0.29) is 12.0 Å². The topological polar surface area (TPSA) is 23.5 Å². The maximum absolute atomic E-state index is 9.77. The van der Waals surface area contributed by atoms with E-state index in [0.29, 0.717) is 15.8 Å². The van der Waals surface area contributed by atoms with E-state index >= 15 is 0 Å². The van der Waals surface area contributed by atoms with Gasteiger partial charge in [0.05, 0.1) is 10.0 Å². The number of fused-ring (bicyclic) bond motifs is 1. The summed E-state index contributed by atoms with van der Waals surface area (Å²) in [5, 5.41) is 10.9. The van der Waals surface area contributed by atoms with Crippen molar-refractivity contribution < 1.29 is 5.11 Å². The Balaban J connectivity index is 2.11. The molecule has 2 aromatic rings. The third kappa shape index (κ3) is 2.64. The lowest BCUT2D eigenvalue weighted by Gasteiger charge is -2.37. The summed E-state index contributed by atoms with van der Waals surface area (Å²) in [6.07, 6.45) is 0. The van der Waals surface area contributed by atoms with E-state index in [2.05, 4.69) is 18.9 Å². The maximum Gasteiger partial charge on any atom is 0.115 e. The maximum atomic E-state index is 9.77. The molecule has 1 aliphatic rings. The van der Waals surface area contributed by atoms with Gasteiger partial charge in [0.2, 0.25) is 0 Å². The molecule has 2 aromatic carbocycles. The Morgan fingerprint density at radius 2 is 1.81 bits per heavy atom. The van der Waals surface area contributed by atoms with Crippen LogP contribution in [-0.4, -0.2) is 23.6 Å². The molecule has 0 fully saturated rings. The van der Waals surface area contributed by atoms with Gasteiger partial charge in [-0.05, 0) is 54.9 Å². The van der Waals surface area contributed by atoms with Crippen molar-refractivity contribution in [1.82, 2.24) is 4.90 Å². The van der Waals surface area contributed by atoms with E-state index in [9.17, 15) is 5.11 Å². The van der Waals surface area contributed by atoms with Crippen LogP contribution in [-0.2, 0) is 0 Å². The molecule has 1 heterocycles. The predicted molar refractivity (Wildman–Crippen MR) is 87.5 cm³/mol. The lowest BCUT2D eigenvalue weighted by molar-refractivity contribution is 0.233. The number of rotatable bonds is 1. The molecule has 3 rings (SSSR count). The van der Waals surface area contributed by atoms with Crippen molar-refractivity contribution in [3.8, 4) is 5.75 Å². The van der Waals surface area contributed by atoms with Crippen LogP contribution in [0.4, 0.5) is 0 Å². The molecule has 0 saturated heterocycles. The molecule has 1 aliphatic heterocycles. The van der Waals surface area contributed by atoms with Gasteiger partial charge in [0.15, 0.2) is 0 Å². The molecule has 0 spiro atoms. The zero-order chi connectivity index (χ0) is 15.1. The first kappa shape index (κ1) is 14.7. The van der Waals surface area contributed by atoms with Crippen molar-refractivity contribution in [1.29, 1.82) is 0 Å². The number of halogens is 2. The molecular weight excluding hydrogens is 305 g/mol. The Bertz CT molecular complexity index is 686. The van der Waals surface area contributed by atoms with Crippen molar-refractivity contribution in [3.05, 3.63) is 63.1 Å². The standard InChI is InChI=1S/C17H17Cl2NO/c1-10-14-8-12(21)4-5-13(14)15(9-20(10)2)11-3-6-16(18)17(19)7-11/h3-8,10,15,21H,9H2,1-2H3. The van der Waals surface area contributed by atoms with Gasteiger partial charge in [-0.3, -0.25) is 4.90 Å². The van der Waals surface area contributed by atoms with E-state index in [1.54, 1.807) is 6.07 Å². The minimum absolute atomic E-state index is 0.233. The molecule has 2 atom stereocenters. The molecule has 21 heavy (non-hydrogen) atoms. The molecule has 0 aliphatic carbocycles. The van der Waals surface area contributed by atoms with Crippen LogP contribution in [0, 0.1) is 0 Å². The fourth-order valence-electron chi connectivity index (χ4n) is 3.04. The fourth-order valence-corrected chi connectivity index (χ4v) is 3.34. The Morgan fingerprint density at radius 3 is 2.52 bits per heavy atom. The van der Waals surface area contributed by atoms with Gasteiger partial charge in [-0.1, -0.05) is 35.3 Å². The lowest BCUT2D eigenvalue weighted by Crippen LogP contribution is -2.34. The average Bonchev–Trinajstić information content (AvgIpc) is 2.46. The van der Waals surface area contributed by atoms with Crippen LogP contribution in [0.1, 0.15) is 35.6 Å². The molecule has 110 valence electrons. The van der Waals surface area contributed by atoms with Crippen molar-refractivity contribution in [2.24, 2.45) is 0 Å². The lowest BCUT2D eigenvalue weighted by atomic mass is 9.82. The second-order valence-electron chi connectivity index (χ2n) is 5.65. The minimum atomic E-state index is 0.233. The Morgan fingerprint density at radius 1 is 1.05 bits per heavy atom. The van der Waals surface area contributed by atoms with Gasteiger partial charge in [0.25, 0.3) is 0 Å². The summed E-state index contributed by atoms with van der Waals surface area (Å²) in [6.45, 7) is 3.07. The highest BCUT2D eigenvalue weighted by atomic mass is 35.5. The number of hydrogen-bond donors (Lipinski definition) is 1. The number of aromatic hydroxyl groups is 1. The van der Waals surface area contributed by atoms with Crippen LogP contribution in [0.5, 0.6) is 5.75 Å². The average molecular weight is 322 g/mol. The molecule has 0 saturated carbocycles. The van der Waals surface area contributed by atoms with E-state index in [1.807, 2.05) is 30.3 Å². The summed E-state index contributed by atoms with van der Waals surface area (Å²) in [7, 11) is 2.10. The number of phenolic OH excluding ortho intramolecular Hbond substituents is 1. The highest BCUT2D eigenvalue weighted by molar-refractivity contribution is 6.42. The highest BCUT2D eigenvalue weighted by Crippen LogP contribution is 2.40. The highest BCUT2D eigenvalue weighted by Gasteiger charge is 2.29. The number of benzene rings is 2. The predicted octanol–water partition coefficient (Wildman–Crippen LogP) is 4.84. The number of likely N-dealkylation sites (N-methyl/N-ethyl adjacent to an activating group) is 1. The van der Waals surface area contributed by atoms with Gasteiger partial charge < -0.3 is 5.11 Å². The first-order valence-corrected chi connectivity index (χ1v) is 7.71. The minimum Gasteiger partial charge on any atom is -0.508 e. The normalized spacial score (nSPS) is 22.1.